The molecule has 2 amide bonds. The smallest absolute Gasteiger partial charge is 0.225 e. The summed E-state index contributed by atoms with van der Waals surface area (Å²) in [5.74, 6) is -0.327. The maximum absolute atomic E-state index is 12.7. The topological polar surface area (TPSA) is 67.2 Å². The van der Waals surface area contributed by atoms with E-state index in [-0.39, 0.29) is 24.2 Å². The van der Waals surface area contributed by atoms with Crippen LogP contribution in [0, 0.1) is 12.8 Å². The molecule has 6 heteroatoms. The van der Waals surface area contributed by atoms with Crippen molar-refractivity contribution in [2.75, 3.05) is 6.54 Å². The Balaban J connectivity index is 1.34. The van der Waals surface area contributed by atoms with Crippen molar-refractivity contribution in [1.82, 2.24) is 19.8 Å². The van der Waals surface area contributed by atoms with Crippen LogP contribution < -0.4 is 5.32 Å². The van der Waals surface area contributed by atoms with E-state index in [2.05, 4.69) is 16.4 Å². The summed E-state index contributed by atoms with van der Waals surface area (Å²) in [6, 6.07) is 16.2. The number of hydrogen-bond donors (Lipinski definition) is 1. The summed E-state index contributed by atoms with van der Waals surface area (Å²) in [5, 5.41) is 3.03. The van der Waals surface area contributed by atoms with Crippen LogP contribution in [-0.4, -0.2) is 32.8 Å². The number of likely N-dealkylation sites (tertiary alicyclic amines) is 1. The summed E-state index contributed by atoms with van der Waals surface area (Å²) >= 11 is 0. The number of carbonyl (C=O) groups is 2. The highest BCUT2D eigenvalue weighted by Gasteiger charge is 2.34. The summed E-state index contributed by atoms with van der Waals surface area (Å²) in [7, 11) is 0. The van der Waals surface area contributed by atoms with Gasteiger partial charge in [-0.3, -0.25) is 9.59 Å². The fraction of sp³-hybridized carbons (Fsp3) is 0.292. The standard InChI is InChI=1S/C24H26N4O2/c1-18-6-8-19(9-7-18)14-28-16-22(12-23(28)29)24(30)26-13-20-4-2-3-5-21(20)15-27-11-10-25-17-27/h2-11,17,22H,12-16H2,1H3,(H,26,30). The summed E-state index contributed by atoms with van der Waals surface area (Å²) in [4.78, 5) is 31.0. The monoisotopic (exact) mass is 402 g/mol. The molecule has 1 aliphatic rings. The highest BCUT2D eigenvalue weighted by molar-refractivity contribution is 5.89. The minimum atomic E-state index is -0.302. The Bertz CT molecular complexity index is 1010. The zero-order valence-corrected chi connectivity index (χ0v) is 17.1. The zero-order chi connectivity index (χ0) is 20.9. The van der Waals surface area contributed by atoms with Gasteiger partial charge in [-0.05, 0) is 23.6 Å². The van der Waals surface area contributed by atoms with Crippen molar-refractivity contribution in [3.8, 4) is 0 Å². The van der Waals surface area contributed by atoms with Crippen molar-refractivity contribution in [3.05, 3.63) is 89.5 Å². The molecule has 2 heterocycles. The number of rotatable bonds is 7. The molecule has 154 valence electrons. The summed E-state index contributed by atoms with van der Waals surface area (Å²) in [5.41, 5.74) is 4.49. The van der Waals surface area contributed by atoms with Gasteiger partial charge in [0.25, 0.3) is 0 Å². The van der Waals surface area contributed by atoms with E-state index in [1.807, 2.05) is 60.2 Å². The average Bonchev–Trinajstić information content (AvgIpc) is 3.39. The molecular formula is C24H26N4O2. The molecule has 1 unspecified atom stereocenters. The Kier molecular flexibility index (Phi) is 5.93. The first-order chi connectivity index (χ1) is 14.6. The van der Waals surface area contributed by atoms with Gasteiger partial charge in [-0.2, -0.15) is 0 Å². The average molecular weight is 402 g/mol. The molecule has 4 rings (SSSR count). The predicted octanol–water partition coefficient (Wildman–Crippen LogP) is 2.90. The van der Waals surface area contributed by atoms with Crippen molar-refractivity contribution < 1.29 is 9.59 Å². The van der Waals surface area contributed by atoms with Gasteiger partial charge in [0, 0.05) is 45.0 Å². The molecule has 1 atom stereocenters. The highest BCUT2D eigenvalue weighted by atomic mass is 16.2. The minimum Gasteiger partial charge on any atom is -0.352 e. The molecule has 0 saturated carbocycles. The van der Waals surface area contributed by atoms with Gasteiger partial charge in [0.1, 0.15) is 0 Å². The summed E-state index contributed by atoms with van der Waals surface area (Å²) < 4.78 is 2.00. The summed E-state index contributed by atoms with van der Waals surface area (Å²) in [6.07, 6.45) is 5.72. The molecule has 1 aliphatic heterocycles. The van der Waals surface area contributed by atoms with Crippen LogP contribution in [0.4, 0.5) is 0 Å². The molecule has 2 aromatic carbocycles. The van der Waals surface area contributed by atoms with Gasteiger partial charge in [0.2, 0.25) is 11.8 Å². The Morgan fingerprint density at radius 2 is 1.87 bits per heavy atom. The third kappa shape index (κ3) is 4.76. The van der Waals surface area contributed by atoms with Crippen LogP contribution in [0.15, 0.2) is 67.3 Å². The lowest BCUT2D eigenvalue weighted by atomic mass is 10.1. The Hall–Kier alpha value is -3.41. The third-order valence-electron chi connectivity index (χ3n) is 5.56. The largest absolute Gasteiger partial charge is 0.352 e. The van der Waals surface area contributed by atoms with Crippen LogP contribution in [0.5, 0.6) is 0 Å². The van der Waals surface area contributed by atoms with Gasteiger partial charge in [0.15, 0.2) is 0 Å². The second kappa shape index (κ2) is 8.95. The summed E-state index contributed by atoms with van der Waals surface area (Å²) in [6.45, 7) is 4.22. The first-order valence-electron chi connectivity index (χ1n) is 10.2. The zero-order valence-electron chi connectivity index (χ0n) is 17.1. The van der Waals surface area contributed by atoms with E-state index in [1.165, 1.54) is 5.56 Å². The van der Waals surface area contributed by atoms with Gasteiger partial charge in [0.05, 0.1) is 12.2 Å². The number of aryl methyl sites for hydroxylation is 1. The highest BCUT2D eigenvalue weighted by Crippen LogP contribution is 2.21. The van der Waals surface area contributed by atoms with E-state index < -0.39 is 0 Å². The van der Waals surface area contributed by atoms with Gasteiger partial charge >= 0.3 is 0 Å². The second-order valence-corrected chi connectivity index (χ2v) is 7.88. The van der Waals surface area contributed by atoms with Gasteiger partial charge in [-0.15, -0.1) is 0 Å². The molecule has 1 aromatic heterocycles. The number of carbonyl (C=O) groups excluding carboxylic acids is 2. The van der Waals surface area contributed by atoms with Crippen molar-refractivity contribution in [3.63, 3.8) is 0 Å². The quantitative estimate of drug-likeness (QED) is 0.661. The molecule has 1 fully saturated rings. The third-order valence-corrected chi connectivity index (χ3v) is 5.56. The van der Waals surface area contributed by atoms with Crippen molar-refractivity contribution in [2.45, 2.75) is 33.0 Å². The van der Waals surface area contributed by atoms with Crippen LogP contribution in [0.1, 0.15) is 28.7 Å². The molecule has 6 nitrogen and oxygen atoms in total. The van der Waals surface area contributed by atoms with E-state index in [1.54, 1.807) is 17.4 Å². The molecule has 0 radical (unpaired) electrons. The number of benzene rings is 2. The van der Waals surface area contributed by atoms with Gasteiger partial charge in [-0.1, -0.05) is 54.1 Å². The van der Waals surface area contributed by atoms with Crippen molar-refractivity contribution in [2.24, 2.45) is 5.92 Å². The maximum atomic E-state index is 12.7. The number of nitrogens with one attached hydrogen (secondary N) is 1. The number of amides is 2. The van der Waals surface area contributed by atoms with E-state index >= 15 is 0 Å². The SMILES string of the molecule is Cc1ccc(CN2CC(C(=O)NCc3ccccc3Cn3ccnc3)CC2=O)cc1. The van der Waals surface area contributed by atoms with E-state index in [9.17, 15) is 9.59 Å². The molecule has 3 aromatic rings. The Labute approximate surface area is 176 Å². The number of imidazole rings is 1. The van der Waals surface area contributed by atoms with E-state index in [0.717, 1.165) is 16.7 Å². The minimum absolute atomic E-state index is 0.0382. The van der Waals surface area contributed by atoms with Crippen LogP contribution >= 0.6 is 0 Å². The van der Waals surface area contributed by atoms with Crippen molar-refractivity contribution >= 4 is 11.8 Å². The second-order valence-electron chi connectivity index (χ2n) is 7.88. The van der Waals surface area contributed by atoms with Crippen LogP contribution in [0.25, 0.3) is 0 Å². The molecule has 0 bridgehead atoms. The van der Waals surface area contributed by atoms with Crippen LogP contribution in [-0.2, 0) is 29.2 Å². The van der Waals surface area contributed by atoms with Crippen LogP contribution in [0.2, 0.25) is 0 Å². The number of nitrogens with zero attached hydrogens (tertiary/aromatic N) is 3. The Morgan fingerprint density at radius 3 is 2.60 bits per heavy atom. The molecule has 1 saturated heterocycles. The normalized spacial score (nSPS) is 16.1. The van der Waals surface area contributed by atoms with E-state index in [0.29, 0.717) is 26.2 Å². The number of aromatic nitrogens is 2. The molecule has 0 spiro atoms. The fourth-order valence-corrected chi connectivity index (χ4v) is 3.80. The fourth-order valence-electron chi connectivity index (χ4n) is 3.80. The lowest BCUT2D eigenvalue weighted by Gasteiger charge is -2.17. The predicted molar refractivity (Wildman–Crippen MR) is 114 cm³/mol. The lowest BCUT2D eigenvalue weighted by molar-refractivity contribution is -0.129. The van der Waals surface area contributed by atoms with Gasteiger partial charge < -0.3 is 14.8 Å². The first kappa shape index (κ1) is 19.9. The van der Waals surface area contributed by atoms with Gasteiger partial charge in [-0.25, -0.2) is 4.98 Å². The maximum Gasteiger partial charge on any atom is 0.225 e. The Morgan fingerprint density at radius 1 is 1.10 bits per heavy atom. The molecular weight excluding hydrogens is 376 g/mol. The molecule has 30 heavy (non-hydrogen) atoms. The molecule has 0 aliphatic carbocycles. The molecule has 1 N–H and O–H groups in total. The first-order valence-corrected chi connectivity index (χ1v) is 10.2. The van der Waals surface area contributed by atoms with Crippen molar-refractivity contribution in [1.29, 1.82) is 0 Å². The lowest BCUT2D eigenvalue weighted by Crippen LogP contribution is -2.32. The van der Waals surface area contributed by atoms with E-state index in [4.69, 9.17) is 0 Å². The number of hydrogen-bond acceptors (Lipinski definition) is 3. The van der Waals surface area contributed by atoms with Crippen LogP contribution in [0.3, 0.4) is 0 Å².